The average molecular weight is 341 g/mol. The standard InChI is InChI=1S/C17H20FN7/c1-12-5-6-14(18)16(8-12)25-17(20-21-22-25)11-24-7-3-4-15(24)13-9-19-23(2)10-13/h5-6,8-10,15H,3-4,7,11H2,1-2H3/t15-/m1/s1. The van der Waals surface area contributed by atoms with Crippen LogP contribution < -0.4 is 0 Å². The number of rotatable bonds is 4. The van der Waals surface area contributed by atoms with E-state index < -0.39 is 0 Å². The zero-order valence-electron chi connectivity index (χ0n) is 14.3. The summed E-state index contributed by atoms with van der Waals surface area (Å²) in [4.78, 5) is 2.33. The maximum absolute atomic E-state index is 14.2. The molecular weight excluding hydrogens is 321 g/mol. The van der Waals surface area contributed by atoms with E-state index in [1.807, 2.05) is 31.0 Å². The Bertz CT molecular complexity index is 885. The molecule has 1 saturated heterocycles. The lowest BCUT2D eigenvalue weighted by molar-refractivity contribution is 0.240. The number of nitrogens with zero attached hydrogens (tertiary/aromatic N) is 7. The molecule has 130 valence electrons. The predicted molar refractivity (Wildman–Crippen MR) is 89.4 cm³/mol. The molecule has 0 saturated carbocycles. The minimum absolute atomic E-state index is 0.293. The van der Waals surface area contributed by atoms with E-state index in [4.69, 9.17) is 0 Å². The summed E-state index contributed by atoms with van der Waals surface area (Å²) in [5, 5.41) is 16.2. The quantitative estimate of drug-likeness (QED) is 0.728. The number of aryl methyl sites for hydroxylation is 2. The third-order valence-electron chi connectivity index (χ3n) is 4.68. The van der Waals surface area contributed by atoms with Crippen LogP contribution in [0.2, 0.25) is 0 Å². The van der Waals surface area contributed by atoms with Crippen molar-refractivity contribution >= 4 is 0 Å². The summed E-state index contributed by atoms with van der Waals surface area (Å²) in [5.74, 6) is 0.310. The summed E-state index contributed by atoms with van der Waals surface area (Å²) in [7, 11) is 1.92. The molecule has 1 fully saturated rings. The van der Waals surface area contributed by atoms with Crippen LogP contribution in [0.5, 0.6) is 0 Å². The van der Waals surface area contributed by atoms with E-state index in [1.165, 1.54) is 16.3 Å². The summed E-state index contributed by atoms with van der Waals surface area (Å²) in [6.45, 7) is 3.45. The highest BCUT2D eigenvalue weighted by molar-refractivity contribution is 5.36. The molecule has 3 aromatic rings. The van der Waals surface area contributed by atoms with Crippen LogP contribution in [-0.4, -0.2) is 41.4 Å². The first-order valence-electron chi connectivity index (χ1n) is 8.38. The highest BCUT2D eigenvalue weighted by atomic mass is 19.1. The Morgan fingerprint density at radius 2 is 2.20 bits per heavy atom. The minimum atomic E-state index is -0.329. The van der Waals surface area contributed by atoms with Gasteiger partial charge in [-0.3, -0.25) is 9.58 Å². The van der Waals surface area contributed by atoms with Gasteiger partial charge >= 0.3 is 0 Å². The Morgan fingerprint density at radius 3 is 3.00 bits per heavy atom. The van der Waals surface area contributed by atoms with Crippen molar-refractivity contribution < 1.29 is 4.39 Å². The van der Waals surface area contributed by atoms with Crippen LogP contribution >= 0.6 is 0 Å². The second kappa shape index (κ2) is 6.36. The molecule has 1 aromatic carbocycles. The Hall–Kier alpha value is -2.61. The van der Waals surface area contributed by atoms with Gasteiger partial charge in [-0.05, 0) is 54.4 Å². The normalized spacial score (nSPS) is 18.1. The van der Waals surface area contributed by atoms with E-state index in [2.05, 4.69) is 25.5 Å². The molecule has 1 atom stereocenters. The van der Waals surface area contributed by atoms with Crippen molar-refractivity contribution in [2.75, 3.05) is 6.54 Å². The SMILES string of the molecule is Cc1ccc(F)c(-n2nnnc2CN2CCC[C@@H]2c2cnn(C)c2)c1. The first-order chi connectivity index (χ1) is 12.1. The summed E-state index contributed by atoms with van der Waals surface area (Å²) in [5.41, 5.74) is 2.55. The molecule has 1 aliphatic rings. The number of aromatic nitrogens is 6. The summed E-state index contributed by atoms with van der Waals surface area (Å²) in [6.07, 6.45) is 6.14. The first-order valence-corrected chi connectivity index (χ1v) is 8.38. The Balaban J connectivity index is 1.61. The van der Waals surface area contributed by atoms with Gasteiger partial charge in [0.2, 0.25) is 0 Å². The molecule has 0 N–H and O–H groups in total. The summed E-state index contributed by atoms with van der Waals surface area (Å²) >= 11 is 0. The number of tetrazole rings is 1. The molecule has 0 aliphatic carbocycles. The van der Waals surface area contributed by atoms with Gasteiger partial charge in [0.05, 0.1) is 12.7 Å². The number of benzene rings is 1. The third-order valence-corrected chi connectivity index (χ3v) is 4.68. The zero-order valence-corrected chi connectivity index (χ0v) is 14.3. The highest BCUT2D eigenvalue weighted by Crippen LogP contribution is 2.32. The van der Waals surface area contributed by atoms with E-state index in [1.54, 1.807) is 12.1 Å². The molecule has 1 aliphatic heterocycles. The monoisotopic (exact) mass is 341 g/mol. The van der Waals surface area contributed by atoms with Crippen molar-refractivity contribution in [1.82, 2.24) is 34.9 Å². The predicted octanol–water partition coefficient (Wildman–Crippen LogP) is 2.18. The van der Waals surface area contributed by atoms with Gasteiger partial charge in [0.15, 0.2) is 5.82 Å². The summed E-state index contributed by atoms with van der Waals surface area (Å²) in [6, 6.07) is 5.24. The third kappa shape index (κ3) is 3.05. The molecular formula is C17H20FN7. The smallest absolute Gasteiger partial charge is 0.170 e. The number of likely N-dealkylation sites (tertiary alicyclic amines) is 1. The molecule has 0 radical (unpaired) electrons. The minimum Gasteiger partial charge on any atom is -0.289 e. The first kappa shape index (κ1) is 15.9. The molecule has 0 amide bonds. The molecule has 0 spiro atoms. The van der Waals surface area contributed by atoms with E-state index in [-0.39, 0.29) is 5.82 Å². The van der Waals surface area contributed by atoms with E-state index >= 15 is 0 Å². The van der Waals surface area contributed by atoms with E-state index in [0.29, 0.717) is 24.1 Å². The number of halogens is 1. The van der Waals surface area contributed by atoms with Crippen molar-refractivity contribution in [2.45, 2.75) is 32.4 Å². The van der Waals surface area contributed by atoms with Crippen molar-refractivity contribution in [2.24, 2.45) is 7.05 Å². The average Bonchev–Trinajstić information content (AvgIpc) is 3.31. The van der Waals surface area contributed by atoms with Gasteiger partial charge in [-0.1, -0.05) is 6.07 Å². The second-order valence-electron chi connectivity index (χ2n) is 6.54. The Kier molecular flexibility index (Phi) is 4.04. The molecule has 4 rings (SSSR count). The fraction of sp³-hybridized carbons (Fsp3) is 0.412. The van der Waals surface area contributed by atoms with E-state index in [0.717, 1.165) is 24.9 Å². The number of hydrogen-bond donors (Lipinski definition) is 0. The van der Waals surface area contributed by atoms with Crippen LogP contribution in [0.25, 0.3) is 5.69 Å². The van der Waals surface area contributed by atoms with Crippen LogP contribution in [0.15, 0.2) is 30.6 Å². The lowest BCUT2D eigenvalue weighted by Gasteiger charge is -2.22. The van der Waals surface area contributed by atoms with Crippen LogP contribution in [-0.2, 0) is 13.6 Å². The van der Waals surface area contributed by atoms with Crippen molar-refractivity contribution in [1.29, 1.82) is 0 Å². The largest absolute Gasteiger partial charge is 0.289 e. The fourth-order valence-corrected chi connectivity index (χ4v) is 3.46. The highest BCUT2D eigenvalue weighted by Gasteiger charge is 2.28. The van der Waals surface area contributed by atoms with Gasteiger partial charge in [0.25, 0.3) is 0 Å². The molecule has 0 bridgehead atoms. The maximum atomic E-state index is 14.2. The lowest BCUT2D eigenvalue weighted by Crippen LogP contribution is -2.24. The molecule has 3 heterocycles. The van der Waals surface area contributed by atoms with Gasteiger partial charge in [-0.15, -0.1) is 5.10 Å². The molecule has 7 nitrogen and oxygen atoms in total. The lowest BCUT2D eigenvalue weighted by atomic mass is 10.1. The van der Waals surface area contributed by atoms with Crippen molar-refractivity contribution in [3.63, 3.8) is 0 Å². The van der Waals surface area contributed by atoms with Crippen molar-refractivity contribution in [3.05, 3.63) is 53.4 Å². The maximum Gasteiger partial charge on any atom is 0.170 e. The second-order valence-corrected chi connectivity index (χ2v) is 6.54. The Morgan fingerprint density at radius 1 is 1.32 bits per heavy atom. The van der Waals surface area contributed by atoms with Crippen LogP contribution in [0, 0.1) is 12.7 Å². The Labute approximate surface area is 145 Å². The summed E-state index contributed by atoms with van der Waals surface area (Å²) < 4.78 is 17.5. The topological polar surface area (TPSA) is 64.7 Å². The number of hydrogen-bond acceptors (Lipinski definition) is 5. The van der Waals surface area contributed by atoms with Gasteiger partial charge in [0, 0.05) is 24.8 Å². The van der Waals surface area contributed by atoms with Crippen LogP contribution in [0.1, 0.15) is 35.8 Å². The van der Waals surface area contributed by atoms with Crippen molar-refractivity contribution in [3.8, 4) is 5.69 Å². The van der Waals surface area contributed by atoms with Gasteiger partial charge in [-0.2, -0.15) is 9.78 Å². The zero-order chi connectivity index (χ0) is 17.4. The molecule has 2 aromatic heterocycles. The van der Waals surface area contributed by atoms with E-state index in [9.17, 15) is 4.39 Å². The van der Waals surface area contributed by atoms with Crippen LogP contribution in [0.3, 0.4) is 0 Å². The van der Waals surface area contributed by atoms with Crippen LogP contribution in [0.4, 0.5) is 4.39 Å². The molecule has 0 unspecified atom stereocenters. The molecule has 25 heavy (non-hydrogen) atoms. The molecule has 8 heteroatoms. The van der Waals surface area contributed by atoms with Gasteiger partial charge in [-0.25, -0.2) is 4.39 Å². The fourth-order valence-electron chi connectivity index (χ4n) is 3.46. The van der Waals surface area contributed by atoms with Gasteiger partial charge < -0.3 is 0 Å². The van der Waals surface area contributed by atoms with Gasteiger partial charge in [0.1, 0.15) is 11.5 Å².